The van der Waals surface area contributed by atoms with Crippen LogP contribution in [0.5, 0.6) is 0 Å². The number of aliphatic hydroxyl groups is 1. The lowest BCUT2D eigenvalue weighted by atomic mass is 10.0. The standard InChI is InChI=1S/C15H16FN3O/c16-13-3-1-2-12(4-13)15-5-14(20)9-19(15)8-11-6-17-10-18-7-11/h1-4,6-7,10,14-15,20H,5,8-9H2/t14-,15+/m0/s1. The summed E-state index contributed by atoms with van der Waals surface area (Å²) in [6.07, 6.45) is 5.26. The normalized spacial score (nSPS) is 23.1. The second-order valence-corrected chi connectivity index (χ2v) is 5.14. The molecule has 1 aliphatic rings. The van der Waals surface area contributed by atoms with Gasteiger partial charge in [-0.05, 0) is 24.1 Å². The van der Waals surface area contributed by atoms with Crippen LogP contribution >= 0.6 is 0 Å². The quantitative estimate of drug-likeness (QED) is 0.928. The van der Waals surface area contributed by atoms with Gasteiger partial charge in [-0.3, -0.25) is 4.90 Å². The van der Waals surface area contributed by atoms with Gasteiger partial charge in [-0.25, -0.2) is 14.4 Å². The molecule has 4 nitrogen and oxygen atoms in total. The molecule has 0 aliphatic carbocycles. The summed E-state index contributed by atoms with van der Waals surface area (Å²) in [5, 5.41) is 9.91. The third-order valence-electron chi connectivity index (χ3n) is 3.61. The first-order valence-corrected chi connectivity index (χ1v) is 6.64. The number of likely N-dealkylation sites (tertiary alicyclic amines) is 1. The minimum Gasteiger partial charge on any atom is -0.392 e. The van der Waals surface area contributed by atoms with Crippen molar-refractivity contribution in [3.63, 3.8) is 0 Å². The number of halogens is 1. The minimum atomic E-state index is -0.382. The Balaban J connectivity index is 1.82. The number of nitrogens with zero attached hydrogens (tertiary/aromatic N) is 3. The predicted molar refractivity (Wildman–Crippen MR) is 72.2 cm³/mol. The topological polar surface area (TPSA) is 49.2 Å². The maximum absolute atomic E-state index is 13.4. The molecule has 1 aromatic heterocycles. The van der Waals surface area contributed by atoms with Crippen molar-refractivity contribution in [3.05, 3.63) is 59.9 Å². The third-order valence-corrected chi connectivity index (χ3v) is 3.61. The Morgan fingerprint density at radius 2 is 2.10 bits per heavy atom. The summed E-state index contributed by atoms with van der Waals surface area (Å²) >= 11 is 0. The fourth-order valence-corrected chi connectivity index (χ4v) is 2.76. The average Bonchev–Trinajstić information content (AvgIpc) is 2.81. The van der Waals surface area contributed by atoms with Crippen molar-refractivity contribution in [2.24, 2.45) is 0 Å². The predicted octanol–water partition coefficient (Wildman–Crippen LogP) is 1.92. The molecule has 0 spiro atoms. The highest BCUT2D eigenvalue weighted by Crippen LogP contribution is 2.33. The number of hydrogen-bond donors (Lipinski definition) is 1. The summed E-state index contributed by atoms with van der Waals surface area (Å²) in [4.78, 5) is 10.1. The first-order chi connectivity index (χ1) is 9.72. The van der Waals surface area contributed by atoms with Crippen molar-refractivity contribution < 1.29 is 9.50 Å². The lowest BCUT2D eigenvalue weighted by Gasteiger charge is -2.24. The Hall–Kier alpha value is -1.85. The number of aromatic nitrogens is 2. The Bertz CT molecular complexity index is 578. The van der Waals surface area contributed by atoms with Gasteiger partial charge in [0.2, 0.25) is 0 Å². The lowest BCUT2D eigenvalue weighted by Crippen LogP contribution is -2.24. The van der Waals surface area contributed by atoms with Gasteiger partial charge in [0, 0.05) is 37.1 Å². The van der Waals surface area contributed by atoms with Crippen LogP contribution in [0.15, 0.2) is 43.0 Å². The number of aliphatic hydroxyl groups excluding tert-OH is 1. The number of rotatable bonds is 3. The van der Waals surface area contributed by atoms with E-state index in [-0.39, 0.29) is 18.0 Å². The zero-order valence-corrected chi connectivity index (χ0v) is 11.0. The van der Waals surface area contributed by atoms with Crippen LogP contribution in [0.1, 0.15) is 23.6 Å². The maximum Gasteiger partial charge on any atom is 0.123 e. The van der Waals surface area contributed by atoms with E-state index in [2.05, 4.69) is 14.9 Å². The lowest BCUT2D eigenvalue weighted by molar-refractivity contribution is 0.172. The van der Waals surface area contributed by atoms with E-state index in [1.54, 1.807) is 18.5 Å². The summed E-state index contributed by atoms with van der Waals surface area (Å²) in [5.74, 6) is -0.244. The second kappa shape index (κ2) is 5.64. The van der Waals surface area contributed by atoms with Gasteiger partial charge in [0.1, 0.15) is 12.1 Å². The van der Waals surface area contributed by atoms with E-state index in [0.717, 1.165) is 11.1 Å². The molecule has 104 valence electrons. The van der Waals surface area contributed by atoms with Crippen LogP contribution in [0.2, 0.25) is 0 Å². The van der Waals surface area contributed by atoms with E-state index >= 15 is 0 Å². The maximum atomic E-state index is 13.4. The summed E-state index contributed by atoms with van der Waals surface area (Å²) in [5.41, 5.74) is 1.89. The highest BCUT2D eigenvalue weighted by atomic mass is 19.1. The molecule has 1 saturated heterocycles. The van der Waals surface area contributed by atoms with Gasteiger partial charge in [0.05, 0.1) is 6.10 Å². The Kier molecular flexibility index (Phi) is 3.71. The van der Waals surface area contributed by atoms with Crippen molar-refractivity contribution in [1.82, 2.24) is 14.9 Å². The molecule has 0 saturated carbocycles. The Morgan fingerprint density at radius 3 is 2.85 bits per heavy atom. The van der Waals surface area contributed by atoms with E-state index in [1.807, 2.05) is 6.07 Å². The van der Waals surface area contributed by atoms with Crippen molar-refractivity contribution in [1.29, 1.82) is 0 Å². The van der Waals surface area contributed by atoms with Gasteiger partial charge in [-0.1, -0.05) is 12.1 Å². The molecule has 1 aromatic carbocycles. The largest absolute Gasteiger partial charge is 0.392 e. The minimum absolute atomic E-state index is 0.0286. The molecule has 0 radical (unpaired) electrons. The van der Waals surface area contributed by atoms with Gasteiger partial charge >= 0.3 is 0 Å². The molecule has 1 N–H and O–H groups in total. The fourth-order valence-electron chi connectivity index (χ4n) is 2.76. The van der Waals surface area contributed by atoms with E-state index < -0.39 is 0 Å². The molecule has 3 rings (SSSR count). The number of benzene rings is 1. The molecule has 5 heteroatoms. The van der Waals surface area contributed by atoms with Gasteiger partial charge < -0.3 is 5.11 Å². The van der Waals surface area contributed by atoms with E-state index in [9.17, 15) is 9.50 Å². The zero-order valence-electron chi connectivity index (χ0n) is 11.0. The van der Waals surface area contributed by atoms with Gasteiger partial charge in [-0.2, -0.15) is 0 Å². The first kappa shape index (κ1) is 13.1. The van der Waals surface area contributed by atoms with Gasteiger partial charge in [-0.15, -0.1) is 0 Å². The summed E-state index contributed by atoms with van der Waals surface area (Å²) in [7, 11) is 0. The van der Waals surface area contributed by atoms with Crippen LogP contribution < -0.4 is 0 Å². The van der Waals surface area contributed by atoms with Gasteiger partial charge in [0.15, 0.2) is 0 Å². The molecule has 0 unspecified atom stereocenters. The number of hydrogen-bond acceptors (Lipinski definition) is 4. The highest BCUT2D eigenvalue weighted by molar-refractivity contribution is 5.22. The van der Waals surface area contributed by atoms with Crippen LogP contribution in [0.25, 0.3) is 0 Å². The van der Waals surface area contributed by atoms with Crippen LogP contribution in [-0.4, -0.2) is 32.6 Å². The number of β-amino-alcohol motifs (C(OH)–C–C–N with tert-alkyl or cyclic N) is 1. The fraction of sp³-hybridized carbons (Fsp3) is 0.333. The molecule has 2 atom stereocenters. The van der Waals surface area contributed by atoms with Crippen molar-refractivity contribution >= 4 is 0 Å². The monoisotopic (exact) mass is 273 g/mol. The van der Waals surface area contributed by atoms with Crippen LogP contribution in [0.4, 0.5) is 4.39 Å². The molecular weight excluding hydrogens is 257 g/mol. The molecular formula is C15H16FN3O. The SMILES string of the molecule is O[C@H]1C[C@H](c2cccc(F)c2)N(Cc2cncnc2)C1. The van der Waals surface area contributed by atoms with Crippen molar-refractivity contribution in [2.45, 2.75) is 25.1 Å². The molecule has 0 bridgehead atoms. The summed E-state index contributed by atoms with van der Waals surface area (Å²) in [6, 6.07) is 6.61. The third kappa shape index (κ3) is 2.84. The molecule has 2 aromatic rings. The molecule has 0 amide bonds. The highest BCUT2D eigenvalue weighted by Gasteiger charge is 2.32. The van der Waals surface area contributed by atoms with Crippen molar-refractivity contribution in [3.8, 4) is 0 Å². The zero-order chi connectivity index (χ0) is 13.9. The van der Waals surface area contributed by atoms with Crippen molar-refractivity contribution in [2.75, 3.05) is 6.54 Å². The van der Waals surface area contributed by atoms with Gasteiger partial charge in [0.25, 0.3) is 0 Å². The first-order valence-electron chi connectivity index (χ1n) is 6.64. The van der Waals surface area contributed by atoms with E-state index in [4.69, 9.17) is 0 Å². The van der Waals surface area contributed by atoms with E-state index in [1.165, 1.54) is 18.5 Å². The van der Waals surface area contributed by atoms with E-state index in [0.29, 0.717) is 19.5 Å². The molecule has 2 heterocycles. The Morgan fingerprint density at radius 1 is 1.30 bits per heavy atom. The second-order valence-electron chi connectivity index (χ2n) is 5.14. The van der Waals surface area contributed by atoms with Crippen LogP contribution in [0.3, 0.4) is 0 Å². The smallest absolute Gasteiger partial charge is 0.123 e. The Labute approximate surface area is 116 Å². The van der Waals surface area contributed by atoms with Crippen LogP contribution in [-0.2, 0) is 6.54 Å². The molecule has 1 fully saturated rings. The van der Waals surface area contributed by atoms with Crippen LogP contribution in [0, 0.1) is 5.82 Å². The average molecular weight is 273 g/mol. The summed E-state index contributed by atoms with van der Waals surface area (Å²) < 4.78 is 13.4. The summed E-state index contributed by atoms with van der Waals surface area (Å²) in [6.45, 7) is 1.23. The molecule has 20 heavy (non-hydrogen) atoms. The molecule has 1 aliphatic heterocycles.